The minimum atomic E-state index is -0.704. The number of rotatable bonds is 2. The van der Waals surface area contributed by atoms with Gasteiger partial charge < -0.3 is 10.2 Å². The summed E-state index contributed by atoms with van der Waals surface area (Å²) >= 11 is 5.91. The van der Waals surface area contributed by atoms with Crippen LogP contribution in [0.5, 0.6) is 0 Å². The van der Waals surface area contributed by atoms with Crippen LogP contribution in [-0.4, -0.2) is 0 Å². The molecule has 0 saturated heterocycles. The highest BCUT2D eigenvalue weighted by atomic mass is 35.5. The van der Waals surface area contributed by atoms with Crippen molar-refractivity contribution in [3.63, 3.8) is 0 Å². The van der Waals surface area contributed by atoms with Crippen LogP contribution in [0.15, 0.2) is 45.6 Å². The molecule has 0 fully saturated rings. The highest BCUT2D eigenvalue weighted by molar-refractivity contribution is 6.30. The van der Waals surface area contributed by atoms with E-state index in [9.17, 15) is 9.18 Å². The zero-order valence-corrected chi connectivity index (χ0v) is 13.4. The quantitative estimate of drug-likeness (QED) is 0.675. The highest BCUT2D eigenvalue weighted by Crippen LogP contribution is 2.32. The topological polar surface area (TPSA) is 56.2 Å². The van der Waals surface area contributed by atoms with Gasteiger partial charge in [0, 0.05) is 10.9 Å². The third-order valence-corrected chi connectivity index (χ3v) is 3.97. The van der Waals surface area contributed by atoms with Crippen LogP contribution in [-0.2, 0) is 0 Å². The lowest BCUT2D eigenvalue weighted by Crippen LogP contribution is -2.11. The van der Waals surface area contributed by atoms with Crippen LogP contribution in [0.4, 0.5) is 10.1 Å². The Morgan fingerprint density at radius 2 is 1.78 bits per heavy atom. The van der Waals surface area contributed by atoms with Crippen molar-refractivity contribution < 1.29 is 8.81 Å². The van der Waals surface area contributed by atoms with Gasteiger partial charge in [-0.25, -0.2) is 4.39 Å². The lowest BCUT2D eigenvalue weighted by Gasteiger charge is -2.13. The molecule has 1 heterocycles. The smallest absolute Gasteiger partial charge is 0.200 e. The van der Waals surface area contributed by atoms with Gasteiger partial charge in [-0.3, -0.25) is 4.79 Å². The Labute approximate surface area is 137 Å². The maximum absolute atomic E-state index is 14.2. The summed E-state index contributed by atoms with van der Waals surface area (Å²) in [6.45, 7) is 3.77. The van der Waals surface area contributed by atoms with Crippen LogP contribution in [0.1, 0.15) is 25.5 Å². The van der Waals surface area contributed by atoms with Crippen LogP contribution < -0.4 is 11.2 Å². The molecule has 0 bridgehead atoms. The number of hydrogen-bond donors (Lipinski definition) is 1. The molecule has 0 aliphatic rings. The average Bonchev–Trinajstić information content (AvgIpc) is 2.52. The summed E-state index contributed by atoms with van der Waals surface area (Å²) in [7, 11) is 0. The number of anilines is 1. The summed E-state index contributed by atoms with van der Waals surface area (Å²) in [6, 6.07) is 9.76. The highest BCUT2D eigenvalue weighted by Gasteiger charge is 2.21. The van der Waals surface area contributed by atoms with Crippen molar-refractivity contribution in [2.45, 2.75) is 19.8 Å². The Balaban J connectivity index is 2.43. The fourth-order valence-corrected chi connectivity index (χ4v) is 2.68. The molecule has 0 spiro atoms. The molecule has 0 aliphatic heterocycles. The van der Waals surface area contributed by atoms with Gasteiger partial charge in [0.25, 0.3) is 0 Å². The van der Waals surface area contributed by atoms with Crippen molar-refractivity contribution >= 4 is 28.3 Å². The molecule has 0 atom stereocenters. The average molecular weight is 332 g/mol. The molecular formula is C18H15ClFNO2. The summed E-state index contributed by atoms with van der Waals surface area (Å²) in [6.07, 6.45) is 0. The molecule has 0 unspecified atom stereocenters. The van der Waals surface area contributed by atoms with E-state index in [1.54, 1.807) is 24.3 Å². The molecule has 2 aromatic carbocycles. The second kappa shape index (κ2) is 5.70. The van der Waals surface area contributed by atoms with Gasteiger partial charge in [0.05, 0.1) is 16.6 Å². The van der Waals surface area contributed by atoms with Crippen LogP contribution in [0.25, 0.3) is 22.1 Å². The van der Waals surface area contributed by atoms with Gasteiger partial charge in [0.15, 0.2) is 11.4 Å². The van der Waals surface area contributed by atoms with Gasteiger partial charge in [0.2, 0.25) is 5.43 Å². The Morgan fingerprint density at radius 1 is 1.13 bits per heavy atom. The first-order valence-electron chi connectivity index (χ1n) is 7.20. The first-order chi connectivity index (χ1) is 10.9. The van der Waals surface area contributed by atoms with Crippen molar-refractivity contribution in [1.29, 1.82) is 0 Å². The van der Waals surface area contributed by atoms with E-state index in [1.165, 1.54) is 12.1 Å². The van der Waals surface area contributed by atoms with Crippen molar-refractivity contribution in [1.82, 2.24) is 0 Å². The first-order valence-corrected chi connectivity index (χ1v) is 7.58. The number of benzene rings is 2. The number of fused-ring (bicyclic) bond motifs is 1. The van der Waals surface area contributed by atoms with Crippen molar-refractivity contribution in [2.75, 3.05) is 5.73 Å². The fourth-order valence-electron chi connectivity index (χ4n) is 2.55. The second-order valence-corrected chi connectivity index (χ2v) is 6.11. The van der Waals surface area contributed by atoms with Crippen LogP contribution >= 0.6 is 11.6 Å². The van der Waals surface area contributed by atoms with Crippen molar-refractivity contribution in [3.8, 4) is 11.1 Å². The van der Waals surface area contributed by atoms with E-state index < -0.39 is 5.82 Å². The summed E-state index contributed by atoms with van der Waals surface area (Å²) < 4.78 is 20.0. The maximum Gasteiger partial charge on any atom is 0.200 e. The molecular weight excluding hydrogens is 317 g/mol. The van der Waals surface area contributed by atoms with E-state index in [1.807, 2.05) is 13.8 Å². The van der Waals surface area contributed by atoms with E-state index in [0.29, 0.717) is 21.9 Å². The molecule has 118 valence electrons. The van der Waals surface area contributed by atoms with Crippen LogP contribution in [0, 0.1) is 5.82 Å². The van der Waals surface area contributed by atoms with E-state index in [2.05, 4.69) is 0 Å². The van der Waals surface area contributed by atoms with E-state index in [0.717, 1.165) is 0 Å². The lowest BCUT2D eigenvalue weighted by atomic mass is 9.97. The largest absolute Gasteiger partial charge is 0.457 e. The Morgan fingerprint density at radius 3 is 2.39 bits per heavy atom. The second-order valence-electron chi connectivity index (χ2n) is 5.68. The predicted octanol–water partition coefficient (Wildman–Crippen LogP) is 4.96. The Bertz CT molecular complexity index is 946. The molecule has 0 radical (unpaired) electrons. The van der Waals surface area contributed by atoms with E-state index in [-0.39, 0.29) is 28.0 Å². The third kappa shape index (κ3) is 2.59. The monoisotopic (exact) mass is 331 g/mol. The molecule has 23 heavy (non-hydrogen) atoms. The van der Waals surface area contributed by atoms with E-state index in [4.69, 9.17) is 21.8 Å². The summed E-state index contributed by atoms with van der Waals surface area (Å²) in [4.78, 5) is 12.9. The SMILES string of the molecule is CC(C)c1oc2c(F)c(N)ccc2c(=O)c1-c1ccc(Cl)cc1. The van der Waals surface area contributed by atoms with Crippen LogP contribution in [0.2, 0.25) is 5.02 Å². The number of nitrogen functional groups attached to an aromatic ring is 1. The normalized spacial score (nSPS) is 11.3. The minimum absolute atomic E-state index is 0.0467. The molecule has 2 N–H and O–H groups in total. The lowest BCUT2D eigenvalue weighted by molar-refractivity contribution is 0.490. The van der Waals surface area contributed by atoms with Crippen LogP contribution in [0.3, 0.4) is 0 Å². The molecule has 3 nitrogen and oxygen atoms in total. The van der Waals surface area contributed by atoms with Crippen molar-refractivity contribution in [3.05, 3.63) is 63.2 Å². The standard InChI is InChI=1S/C18H15ClFNO2/c1-9(2)17-14(10-3-5-11(19)6-4-10)16(22)12-7-8-13(21)15(20)18(12)23-17/h3-9H,21H2,1-2H3. The molecule has 0 saturated carbocycles. The molecule has 5 heteroatoms. The number of halogens is 2. The first kappa shape index (κ1) is 15.6. The molecule has 1 aromatic heterocycles. The number of hydrogen-bond acceptors (Lipinski definition) is 3. The Kier molecular flexibility index (Phi) is 3.86. The molecule has 0 amide bonds. The van der Waals surface area contributed by atoms with Gasteiger partial charge in [-0.15, -0.1) is 0 Å². The number of nitrogens with two attached hydrogens (primary N) is 1. The van der Waals surface area contributed by atoms with Gasteiger partial charge >= 0.3 is 0 Å². The van der Waals surface area contributed by atoms with Gasteiger partial charge in [-0.2, -0.15) is 0 Å². The molecule has 3 rings (SSSR count). The Hall–Kier alpha value is -2.33. The minimum Gasteiger partial charge on any atom is -0.457 e. The van der Waals surface area contributed by atoms with Gasteiger partial charge in [0.1, 0.15) is 5.76 Å². The van der Waals surface area contributed by atoms with Gasteiger partial charge in [-0.1, -0.05) is 37.6 Å². The zero-order chi connectivity index (χ0) is 16.7. The van der Waals surface area contributed by atoms with Crippen molar-refractivity contribution in [2.24, 2.45) is 0 Å². The molecule has 0 aliphatic carbocycles. The molecule has 3 aromatic rings. The third-order valence-electron chi connectivity index (χ3n) is 3.71. The van der Waals surface area contributed by atoms with Gasteiger partial charge in [-0.05, 0) is 29.8 Å². The fraction of sp³-hybridized carbons (Fsp3) is 0.167. The maximum atomic E-state index is 14.2. The van der Waals surface area contributed by atoms with E-state index >= 15 is 0 Å². The summed E-state index contributed by atoms with van der Waals surface area (Å²) in [5.74, 6) is -0.378. The predicted molar refractivity (Wildman–Crippen MR) is 91.4 cm³/mol. The summed E-state index contributed by atoms with van der Waals surface area (Å²) in [5, 5.41) is 0.745. The summed E-state index contributed by atoms with van der Waals surface area (Å²) in [5.41, 5.74) is 6.26. The zero-order valence-electron chi connectivity index (χ0n) is 12.7.